The third-order valence-corrected chi connectivity index (χ3v) is 6.95. The summed E-state index contributed by atoms with van der Waals surface area (Å²) in [4.78, 5) is 0. The van der Waals surface area contributed by atoms with Gasteiger partial charge in [0.15, 0.2) is 0 Å². The lowest BCUT2D eigenvalue weighted by Crippen LogP contribution is -2.27. The van der Waals surface area contributed by atoms with E-state index in [2.05, 4.69) is 15.9 Å². The first-order chi connectivity index (χ1) is 15.1. The van der Waals surface area contributed by atoms with Crippen molar-refractivity contribution in [2.24, 2.45) is 0 Å². The molecule has 0 radical (unpaired) electrons. The van der Waals surface area contributed by atoms with Gasteiger partial charge in [-0.15, -0.1) is 0 Å². The van der Waals surface area contributed by atoms with E-state index >= 15 is 0 Å². The van der Waals surface area contributed by atoms with Gasteiger partial charge in [-0.2, -0.15) is 0 Å². The summed E-state index contributed by atoms with van der Waals surface area (Å²) < 4.78 is 7.13. The van der Waals surface area contributed by atoms with Crippen LogP contribution in [0.2, 0.25) is 5.02 Å². The van der Waals surface area contributed by atoms with Crippen LogP contribution in [-0.2, 0) is 5.60 Å². The quantitative estimate of drug-likeness (QED) is 0.276. The standard InChI is InChI=1S/C27H16BrClO2/c28-23-10-5-9-22-26(23)18-7-2-3-8-20(18)27(22,30)21-13-12-17(29)15-19(21)25-14-16-6-1-4-11-24(16)31-25/h1-15,30H. The molecule has 4 heteroatoms. The Kier molecular flexibility index (Phi) is 4.16. The molecule has 2 nitrogen and oxygen atoms in total. The Balaban J connectivity index is 1.69. The maximum absolute atomic E-state index is 12.4. The number of rotatable bonds is 2. The monoisotopic (exact) mass is 486 g/mol. The largest absolute Gasteiger partial charge is 0.456 e. The van der Waals surface area contributed by atoms with Crippen molar-refractivity contribution in [1.29, 1.82) is 0 Å². The van der Waals surface area contributed by atoms with Gasteiger partial charge < -0.3 is 9.52 Å². The van der Waals surface area contributed by atoms with E-state index in [4.69, 9.17) is 16.0 Å². The molecule has 1 atom stereocenters. The van der Waals surface area contributed by atoms with E-state index < -0.39 is 5.60 Å². The van der Waals surface area contributed by atoms with Crippen molar-refractivity contribution in [1.82, 2.24) is 0 Å². The number of halogens is 2. The summed E-state index contributed by atoms with van der Waals surface area (Å²) in [6.45, 7) is 0. The number of aliphatic hydroxyl groups is 1. The smallest absolute Gasteiger partial charge is 0.142 e. The average Bonchev–Trinajstić information content (AvgIpc) is 3.33. The average molecular weight is 488 g/mol. The zero-order valence-electron chi connectivity index (χ0n) is 16.3. The number of fused-ring (bicyclic) bond motifs is 4. The summed E-state index contributed by atoms with van der Waals surface area (Å²) >= 11 is 10.1. The molecule has 0 aliphatic heterocycles. The van der Waals surface area contributed by atoms with Crippen molar-refractivity contribution in [2.75, 3.05) is 0 Å². The van der Waals surface area contributed by atoms with Crippen molar-refractivity contribution in [3.8, 4) is 22.5 Å². The lowest BCUT2D eigenvalue weighted by Gasteiger charge is -2.28. The molecule has 6 rings (SSSR count). The predicted molar refractivity (Wildman–Crippen MR) is 128 cm³/mol. The van der Waals surface area contributed by atoms with E-state index in [1.54, 1.807) is 0 Å². The Morgan fingerprint density at radius 2 is 1.48 bits per heavy atom. The van der Waals surface area contributed by atoms with Crippen LogP contribution in [0.4, 0.5) is 0 Å². The molecular weight excluding hydrogens is 472 g/mol. The fourth-order valence-electron chi connectivity index (χ4n) is 4.70. The van der Waals surface area contributed by atoms with Gasteiger partial charge >= 0.3 is 0 Å². The first kappa shape index (κ1) is 18.9. The number of benzene rings is 4. The molecule has 1 aliphatic rings. The summed E-state index contributed by atoms with van der Waals surface area (Å²) in [6.07, 6.45) is 0. The van der Waals surface area contributed by atoms with E-state index in [1.165, 1.54) is 0 Å². The maximum atomic E-state index is 12.4. The maximum Gasteiger partial charge on any atom is 0.142 e. The Morgan fingerprint density at radius 3 is 2.35 bits per heavy atom. The van der Waals surface area contributed by atoms with Gasteiger partial charge in [0.2, 0.25) is 0 Å². The summed E-state index contributed by atoms with van der Waals surface area (Å²) in [5.74, 6) is 0.674. The lowest BCUT2D eigenvalue weighted by atomic mass is 9.81. The van der Waals surface area contributed by atoms with Gasteiger partial charge in [0.1, 0.15) is 16.9 Å². The Hall–Kier alpha value is -2.85. The van der Waals surface area contributed by atoms with Crippen LogP contribution < -0.4 is 0 Å². The molecular formula is C27H16BrClO2. The minimum Gasteiger partial charge on any atom is -0.456 e. The van der Waals surface area contributed by atoms with Gasteiger partial charge in [-0.3, -0.25) is 0 Å². The molecule has 1 unspecified atom stereocenters. The molecule has 1 aliphatic carbocycles. The summed E-state index contributed by atoms with van der Waals surface area (Å²) in [7, 11) is 0. The molecule has 5 aromatic rings. The molecule has 31 heavy (non-hydrogen) atoms. The summed E-state index contributed by atoms with van der Waals surface area (Å²) in [6, 6.07) is 29.4. The number of furan rings is 1. The molecule has 0 bridgehead atoms. The van der Waals surface area contributed by atoms with Crippen LogP contribution in [0.15, 0.2) is 99.9 Å². The van der Waals surface area contributed by atoms with Crippen LogP contribution in [-0.4, -0.2) is 5.11 Å². The zero-order valence-corrected chi connectivity index (χ0v) is 18.6. The van der Waals surface area contributed by atoms with Gasteiger partial charge in [-0.1, -0.05) is 88.2 Å². The van der Waals surface area contributed by atoms with Gasteiger partial charge in [0, 0.05) is 42.7 Å². The van der Waals surface area contributed by atoms with E-state index in [0.29, 0.717) is 10.8 Å². The number of hydrogen-bond acceptors (Lipinski definition) is 2. The molecule has 1 aromatic heterocycles. The van der Waals surface area contributed by atoms with Crippen LogP contribution in [0.5, 0.6) is 0 Å². The van der Waals surface area contributed by atoms with Crippen LogP contribution in [0, 0.1) is 0 Å². The van der Waals surface area contributed by atoms with Crippen molar-refractivity contribution < 1.29 is 9.52 Å². The summed E-state index contributed by atoms with van der Waals surface area (Å²) in [5.41, 5.74) is 4.66. The first-order valence-electron chi connectivity index (χ1n) is 9.97. The highest BCUT2D eigenvalue weighted by Crippen LogP contribution is 2.55. The van der Waals surface area contributed by atoms with Crippen LogP contribution in [0.3, 0.4) is 0 Å². The second-order valence-corrected chi connectivity index (χ2v) is 9.05. The van der Waals surface area contributed by atoms with Gasteiger partial charge in [0.25, 0.3) is 0 Å². The first-order valence-corrected chi connectivity index (χ1v) is 11.1. The van der Waals surface area contributed by atoms with Gasteiger partial charge in [0.05, 0.1) is 0 Å². The third-order valence-electron chi connectivity index (χ3n) is 6.05. The third kappa shape index (κ3) is 2.67. The lowest BCUT2D eigenvalue weighted by molar-refractivity contribution is 0.131. The second-order valence-electron chi connectivity index (χ2n) is 7.76. The van der Waals surface area contributed by atoms with Crippen LogP contribution in [0.25, 0.3) is 33.4 Å². The predicted octanol–water partition coefficient (Wildman–Crippen LogP) is 7.78. The molecule has 0 spiro atoms. The summed E-state index contributed by atoms with van der Waals surface area (Å²) in [5, 5.41) is 14.0. The normalized spacial score (nSPS) is 17.0. The fraction of sp³-hybridized carbons (Fsp3) is 0.0370. The zero-order chi connectivity index (χ0) is 21.2. The van der Waals surface area contributed by atoms with E-state index in [-0.39, 0.29) is 0 Å². The van der Waals surface area contributed by atoms with E-state index in [0.717, 1.165) is 48.8 Å². The second kappa shape index (κ2) is 6.83. The van der Waals surface area contributed by atoms with Gasteiger partial charge in [-0.05, 0) is 35.9 Å². The Bertz CT molecular complexity index is 1450. The Labute approximate surface area is 192 Å². The molecule has 4 aromatic carbocycles. The highest BCUT2D eigenvalue weighted by atomic mass is 79.9. The minimum absolute atomic E-state index is 0.587. The highest BCUT2D eigenvalue weighted by Gasteiger charge is 2.45. The van der Waals surface area contributed by atoms with E-state index in [9.17, 15) is 5.11 Å². The van der Waals surface area contributed by atoms with Crippen LogP contribution in [0.1, 0.15) is 16.7 Å². The van der Waals surface area contributed by atoms with Crippen molar-refractivity contribution in [3.05, 3.63) is 117 Å². The van der Waals surface area contributed by atoms with E-state index in [1.807, 2.05) is 91.0 Å². The molecule has 1 heterocycles. The molecule has 0 fully saturated rings. The number of para-hydroxylation sites is 1. The molecule has 0 saturated heterocycles. The SMILES string of the molecule is OC1(c2ccc(Cl)cc2-c2cc3ccccc3o2)c2ccccc2-c2c(Br)cccc21. The molecule has 150 valence electrons. The van der Waals surface area contributed by atoms with Crippen LogP contribution >= 0.6 is 27.5 Å². The van der Waals surface area contributed by atoms with Crippen molar-refractivity contribution in [2.45, 2.75) is 5.60 Å². The topological polar surface area (TPSA) is 33.4 Å². The molecule has 0 amide bonds. The molecule has 1 N–H and O–H groups in total. The number of hydrogen-bond donors (Lipinski definition) is 1. The highest BCUT2D eigenvalue weighted by molar-refractivity contribution is 9.10. The molecule has 0 saturated carbocycles. The minimum atomic E-state index is -1.34. The van der Waals surface area contributed by atoms with Crippen molar-refractivity contribution >= 4 is 38.5 Å². The van der Waals surface area contributed by atoms with Crippen molar-refractivity contribution in [3.63, 3.8) is 0 Å². The fourth-order valence-corrected chi connectivity index (χ4v) is 5.45. The van der Waals surface area contributed by atoms with Gasteiger partial charge in [-0.25, -0.2) is 0 Å². The Morgan fingerprint density at radius 1 is 0.742 bits per heavy atom.